The fourth-order valence-corrected chi connectivity index (χ4v) is 0.313. The zero-order valence-electron chi connectivity index (χ0n) is 5.33. The Morgan fingerprint density at radius 3 is 2.56 bits per heavy atom. The number of halogens is 1. The van der Waals surface area contributed by atoms with Crippen LogP contribution in [0.25, 0.3) is 0 Å². The van der Waals surface area contributed by atoms with Crippen LogP contribution in [-0.2, 0) is 4.84 Å². The van der Waals surface area contributed by atoms with Crippen molar-refractivity contribution in [1.82, 2.24) is 0 Å². The summed E-state index contributed by atoms with van der Waals surface area (Å²) in [6, 6.07) is 0. The third kappa shape index (κ3) is 5.19. The Bertz CT molecular complexity index is 108. The van der Waals surface area contributed by atoms with E-state index in [1.807, 2.05) is 6.92 Å². The Hall–Kier alpha value is -0.680. The highest BCUT2D eigenvalue weighted by Gasteiger charge is 1.97. The van der Waals surface area contributed by atoms with Crippen LogP contribution in [0.4, 0.5) is 0 Å². The van der Waals surface area contributed by atoms with Gasteiger partial charge in [-0.2, -0.15) is 0 Å². The van der Waals surface area contributed by atoms with Gasteiger partial charge < -0.3 is 4.84 Å². The van der Waals surface area contributed by atoms with Gasteiger partial charge in [0.25, 0.3) is 0 Å². The van der Waals surface area contributed by atoms with Crippen LogP contribution in [0.1, 0.15) is 13.3 Å². The van der Waals surface area contributed by atoms with E-state index in [4.69, 9.17) is 6.42 Å². The Kier molecular flexibility index (Phi) is 9.08. The lowest BCUT2D eigenvalue weighted by atomic mass is 10.3. The second-order valence-electron chi connectivity index (χ2n) is 1.30. The number of hydrogen-bond donors (Lipinski definition) is 0. The molecule has 0 fully saturated rings. The summed E-state index contributed by atoms with van der Waals surface area (Å²) in [4.78, 5) is 4.62. The maximum atomic E-state index is 5.01. The second kappa shape index (κ2) is 7.32. The smallest absolute Gasteiger partial charge is 0.186 e. The van der Waals surface area contributed by atoms with Gasteiger partial charge in [0.2, 0.25) is 0 Å². The molecule has 0 aromatic heterocycles. The largest absolute Gasteiger partial charge is 0.380 e. The molecule has 2 nitrogen and oxygen atoms in total. The monoisotopic (exact) mass is 147 g/mol. The zero-order valence-corrected chi connectivity index (χ0v) is 6.15. The lowest BCUT2D eigenvalue weighted by Crippen LogP contribution is -2.02. The van der Waals surface area contributed by atoms with Gasteiger partial charge in [-0.1, -0.05) is 12.8 Å². The molecule has 3 heteroatoms. The summed E-state index contributed by atoms with van der Waals surface area (Å²) in [5, 5.41) is 3.19. The Balaban J connectivity index is 0. The molecule has 0 aromatic carbocycles. The minimum atomic E-state index is -0.201. The topological polar surface area (TPSA) is 21.6 Å². The zero-order chi connectivity index (χ0) is 6.41. The maximum Gasteiger partial charge on any atom is 0.186 e. The van der Waals surface area contributed by atoms with Gasteiger partial charge in [-0.05, 0) is 6.42 Å². The van der Waals surface area contributed by atoms with Crippen molar-refractivity contribution >= 4 is 19.1 Å². The first-order valence-corrected chi connectivity index (χ1v) is 2.43. The van der Waals surface area contributed by atoms with Gasteiger partial charge in [0.05, 0.1) is 0 Å². The van der Waals surface area contributed by atoms with Gasteiger partial charge in [-0.25, -0.2) is 0 Å². The van der Waals surface area contributed by atoms with Crippen LogP contribution in [0.15, 0.2) is 5.16 Å². The summed E-state index contributed by atoms with van der Waals surface area (Å²) < 4.78 is 0. The Morgan fingerprint density at radius 2 is 2.44 bits per heavy atom. The fourth-order valence-electron chi connectivity index (χ4n) is 0.313. The van der Waals surface area contributed by atoms with Crippen LogP contribution in [0, 0.1) is 12.3 Å². The van der Waals surface area contributed by atoms with Gasteiger partial charge in [0.1, 0.15) is 0 Å². The quantitative estimate of drug-likeness (QED) is 0.337. The minimum absolute atomic E-state index is 0. The Morgan fingerprint density at radius 1 is 1.89 bits per heavy atom. The highest BCUT2D eigenvalue weighted by molar-refractivity contribution is 5.85. The van der Waals surface area contributed by atoms with Gasteiger partial charge >= 0.3 is 0 Å². The standard InChI is InChI=1S/C6H9NO.ClH/c1-4-6(5-2)8-7-3;/h1,6H,3,5H2,2H3;1H. The first-order valence-electron chi connectivity index (χ1n) is 2.43. The average molecular weight is 148 g/mol. The predicted molar refractivity (Wildman–Crippen MR) is 40.8 cm³/mol. The number of rotatable bonds is 3. The first kappa shape index (κ1) is 11.2. The minimum Gasteiger partial charge on any atom is -0.380 e. The van der Waals surface area contributed by atoms with Gasteiger partial charge in [0.15, 0.2) is 6.10 Å². The molecule has 0 rings (SSSR count). The molecule has 0 aliphatic rings. The van der Waals surface area contributed by atoms with E-state index >= 15 is 0 Å². The fraction of sp³-hybridized carbons (Fsp3) is 0.500. The van der Waals surface area contributed by atoms with E-state index < -0.39 is 0 Å². The molecule has 0 radical (unpaired) electrons. The van der Waals surface area contributed by atoms with Crippen molar-refractivity contribution in [2.75, 3.05) is 0 Å². The highest BCUT2D eigenvalue weighted by atomic mass is 35.5. The molecule has 0 N–H and O–H groups in total. The molecule has 0 aromatic rings. The molecular weight excluding hydrogens is 138 g/mol. The molecule has 0 amide bonds. The van der Waals surface area contributed by atoms with E-state index in [0.717, 1.165) is 6.42 Å². The molecular formula is C6H10ClNO. The van der Waals surface area contributed by atoms with Crippen molar-refractivity contribution in [3.05, 3.63) is 0 Å². The van der Waals surface area contributed by atoms with E-state index in [0.29, 0.717) is 0 Å². The first-order chi connectivity index (χ1) is 3.85. The summed E-state index contributed by atoms with van der Waals surface area (Å²) in [5.74, 6) is 2.40. The van der Waals surface area contributed by atoms with Crippen LogP contribution >= 0.6 is 12.4 Å². The van der Waals surface area contributed by atoms with Crippen LogP contribution in [0.3, 0.4) is 0 Å². The molecule has 1 unspecified atom stereocenters. The molecule has 0 saturated carbocycles. The molecule has 1 atom stereocenters. The molecule has 0 aliphatic heterocycles. The van der Waals surface area contributed by atoms with Crippen molar-refractivity contribution in [2.24, 2.45) is 5.16 Å². The molecule has 0 heterocycles. The van der Waals surface area contributed by atoms with Crippen molar-refractivity contribution in [2.45, 2.75) is 19.4 Å². The normalized spacial score (nSPS) is 10.2. The maximum absolute atomic E-state index is 5.01. The summed E-state index contributed by atoms with van der Waals surface area (Å²) in [5.41, 5.74) is 0. The van der Waals surface area contributed by atoms with E-state index in [-0.39, 0.29) is 18.5 Å². The van der Waals surface area contributed by atoms with Crippen molar-refractivity contribution < 1.29 is 4.84 Å². The van der Waals surface area contributed by atoms with Crippen LogP contribution < -0.4 is 0 Å². The van der Waals surface area contributed by atoms with Crippen molar-refractivity contribution in [3.8, 4) is 12.3 Å². The predicted octanol–water partition coefficient (Wildman–Crippen LogP) is 1.45. The van der Waals surface area contributed by atoms with E-state index in [9.17, 15) is 0 Å². The average Bonchev–Trinajstić information content (AvgIpc) is 1.83. The third-order valence-electron chi connectivity index (χ3n) is 0.758. The van der Waals surface area contributed by atoms with E-state index in [2.05, 4.69) is 22.6 Å². The molecule has 9 heavy (non-hydrogen) atoms. The lowest BCUT2D eigenvalue weighted by Gasteiger charge is -2.01. The lowest BCUT2D eigenvalue weighted by molar-refractivity contribution is 0.0990. The number of oxime groups is 1. The van der Waals surface area contributed by atoms with E-state index in [1.165, 1.54) is 0 Å². The van der Waals surface area contributed by atoms with Crippen LogP contribution in [-0.4, -0.2) is 12.8 Å². The van der Waals surface area contributed by atoms with Crippen molar-refractivity contribution in [1.29, 1.82) is 0 Å². The second-order valence-corrected chi connectivity index (χ2v) is 1.30. The molecule has 0 spiro atoms. The molecule has 0 saturated heterocycles. The molecule has 0 bridgehead atoms. The summed E-state index contributed by atoms with van der Waals surface area (Å²) in [7, 11) is 0. The van der Waals surface area contributed by atoms with Gasteiger partial charge in [0, 0.05) is 6.72 Å². The highest BCUT2D eigenvalue weighted by Crippen LogP contribution is 1.93. The Labute approximate surface area is 61.7 Å². The van der Waals surface area contributed by atoms with E-state index in [1.54, 1.807) is 0 Å². The number of nitrogens with zero attached hydrogens (tertiary/aromatic N) is 1. The number of terminal acetylenes is 1. The SMILES string of the molecule is C#CC(CC)ON=C.Cl. The molecule has 52 valence electrons. The third-order valence-corrected chi connectivity index (χ3v) is 0.758. The van der Waals surface area contributed by atoms with Crippen LogP contribution in [0.2, 0.25) is 0 Å². The van der Waals surface area contributed by atoms with Crippen LogP contribution in [0.5, 0.6) is 0 Å². The van der Waals surface area contributed by atoms with Gasteiger partial charge in [-0.15, -0.1) is 24.0 Å². The summed E-state index contributed by atoms with van der Waals surface area (Å²) >= 11 is 0. The summed E-state index contributed by atoms with van der Waals surface area (Å²) in [6.45, 7) is 5.05. The molecule has 0 aliphatic carbocycles. The van der Waals surface area contributed by atoms with Gasteiger partial charge in [-0.3, -0.25) is 0 Å². The summed E-state index contributed by atoms with van der Waals surface area (Å²) in [6.07, 6.45) is 5.58. The number of hydrogen-bond acceptors (Lipinski definition) is 2. The van der Waals surface area contributed by atoms with Crippen molar-refractivity contribution in [3.63, 3.8) is 0 Å².